The maximum atomic E-state index is 11.8. The number of carbonyl (C=O) groups excluding carboxylic acids is 1. The van der Waals surface area contributed by atoms with Crippen molar-refractivity contribution in [2.45, 2.75) is 0 Å². The van der Waals surface area contributed by atoms with Crippen molar-refractivity contribution in [2.24, 2.45) is 0 Å². The first-order valence-electron chi connectivity index (χ1n) is 4.74. The maximum absolute atomic E-state index is 11.8. The van der Waals surface area contributed by atoms with E-state index in [1.54, 1.807) is 0 Å². The van der Waals surface area contributed by atoms with Crippen molar-refractivity contribution in [3.8, 4) is 0 Å². The van der Waals surface area contributed by atoms with Crippen LogP contribution in [0.1, 0.15) is 10.5 Å². The van der Waals surface area contributed by atoms with Gasteiger partial charge in [-0.3, -0.25) is 14.4 Å². The van der Waals surface area contributed by atoms with E-state index >= 15 is 0 Å². The average molecular weight is 273 g/mol. The molecule has 8 heteroatoms. The van der Waals surface area contributed by atoms with Crippen LogP contribution >= 0.6 is 11.6 Å². The predicted molar refractivity (Wildman–Crippen MR) is 60.4 cm³/mol. The molecule has 7 nitrogen and oxygen atoms in total. The molecule has 1 rings (SSSR count). The van der Waals surface area contributed by atoms with E-state index in [9.17, 15) is 14.4 Å². The fourth-order valence-electron chi connectivity index (χ4n) is 1.19. The highest BCUT2D eigenvalue weighted by Gasteiger charge is 2.21. The van der Waals surface area contributed by atoms with Crippen molar-refractivity contribution >= 4 is 29.4 Å². The summed E-state index contributed by atoms with van der Waals surface area (Å²) >= 11 is 5.59. The number of pyridine rings is 1. The van der Waals surface area contributed by atoms with Gasteiger partial charge in [-0.2, -0.15) is 0 Å². The van der Waals surface area contributed by atoms with Gasteiger partial charge in [0, 0.05) is 6.20 Å². The van der Waals surface area contributed by atoms with Crippen molar-refractivity contribution in [2.75, 3.05) is 13.1 Å². The Morgan fingerprint density at radius 1 is 1.17 bits per heavy atom. The molecule has 0 saturated heterocycles. The predicted octanol–water partition coefficient (Wildman–Crippen LogP) is 0.346. The fourth-order valence-corrected chi connectivity index (χ4v) is 1.30. The Balaban J connectivity index is 2.90. The Hall–Kier alpha value is -2.15. The highest BCUT2D eigenvalue weighted by molar-refractivity contribution is 6.30. The first-order valence-corrected chi connectivity index (χ1v) is 5.12. The van der Waals surface area contributed by atoms with Gasteiger partial charge in [-0.1, -0.05) is 11.6 Å². The van der Waals surface area contributed by atoms with Gasteiger partial charge in [0.05, 0.1) is 5.02 Å². The summed E-state index contributed by atoms with van der Waals surface area (Å²) in [6.07, 6.45) is 1.22. The Morgan fingerprint density at radius 2 is 1.72 bits per heavy atom. The second kappa shape index (κ2) is 5.97. The van der Waals surface area contributed by atoms with E-state index in [0.717, 1.165) is 0 Å². The number of amides is 1. The standard InChI is InChI=1S/C10H9ClN2O5/c11-6-1-2-7(12-3-6)10(18)13(4-8(14)15)5-9(16)17/h1-3H,4-5H2,(H,14,15)(H,16,17). The second-order valence-corrected chi connectivity index (χ2v) is 3.75. The van der Waals surface area contributed by atoms with Crippen LogP contribution in [0.15, 0.2) is 18.3 Å². The zero-order chi connectivity index (χ0) is 13.7. The lowest BCUT2D eigenvalue weighted by molar-refractivity contribution is -0.140. The average Bonchev–Trinajstić information content (AvgIpc) is 2.27. The zero-order valence-corrected chi connectivity index (χ0v) is 9.79. The van der Waals surface area contributed by atoms with Crippen LogP contribution < -0.4 is 0 Å². The van der Waals surface area contributed by atoms with Crippen molar-refractivity contribution < 1.29 is 24.6 Å². The molecule has 0 aromatic carbocycles. The number of aromatic nitrogens is 1. The Kier molecular flexibility index (Phi) is 4.61. The quantitative estimate of drug-likeness (QED) is 0.800. The normalized spacial score (nSPS) is 9.83. The topological polar surface area (TPSA) is 108 Å². The molecular formula is C10H9ClN2O5. The number of aliphatic carboxylic acids is 2. The zero-order valence-electron chi connectivity index (χ0n) is 9.04. The summed E-state index contributed by atoms with van der Waals surface area (Å²) in [4.78, 5) is 37.3. The number of carboxylic acid groups (broad SMARTS) is 2. The summed E-state index contributed by atoms with van der Waals surface area (Å²) < 4.78 is 0. The minimum atomic E-state index is -1.31. The number of rotatable bonds is 5. The lowest BCUT2D eigenvalue weighted by atomic mass is 10.3. The summed E-state index contributed by atoms with van der Waals surface area (Å²) in [7, 11) is 0. The number of hydrogen-bond acceptors (Lipinski definition) is 4. The third kappa shape index (κ3) is 4.02. The van der Waals surface area contributed by atoms with Gasteiger partial charge in [0.15, 0.2) is 0 Å². The van der Waals surface area contributed by atoms with Crippen LogP contribution in [0.25, 0.3) is 0 Å². The van der Waals surface area contributed by atoms with Crippen LogP contribution in [-0.4, -0.2) is 51.0 Å². The third-order valence-corrected chi connectivity index (χ3v) is 2.11. The molecule has 0 bridgehead atoms. The van der Waals surface area contributed by atoms with Crippen LogP contribution in [0.5, 0.6) is 0 Å². The highest BCUT2D eigenvalue weighted by Crippen LogP contribution is 2.08. The lowest BCUT2D eigenvalue weighted by Gasteiger charge is -2.17. The Morgan fingerprint density at radius 3 is 2.11 bits per heavy atom. The second-order valence-electron chi connectivity index (χ2n) is 3.31. The summed E-state index contributed by atoms with van der Waals surface area (Å²) in [6, 6.07) is 2.70. The number of nitrogens with zero attached hydrogens (tertiary/aromatic N) is 2. The van der Waals surface area contributed by atoms with Crippen molar-refractivity contribution in [3.05, 3.63) is 29.0 Å². The maximum Gasteiger partial charge on any atom is 0.323 e. The molecule has 0 atom stereocenters. The minimum Gasteiger partial charge on any atom is -0.480 e. The monoisotopic (exact) mass is 272 g/mol. The third-order valence-electron chi connectivity index (χ3n) is 1.89. The summed E-state index contributed by atoms with van der Waals surface area (Å²) in [6.45, 7) is -1.43. The van der Waals surface area contributed by atoms with E-state index in [0.29, 0.717) is 9.92 Å². The van der Waals surface area contributed by atoms with Gasteiger partial charge in [-0.15, -0.1) is 0 Å². The first-order chi connectivity index (χ1) is 8.40. The van der Waals surface area contributed by atoms with Gasteiger partial charge in [0.2, 0.25) is 0 Å². The molecule has 0 aliphatic heterocycles. The van der Waals surface area contributed by atoms with E-state index in [-0.39, 0.29) is 5.69 Å². The Labute approximate surface area is 107 Å². The van der Waals surface area contributed by atoms with Crippen LogP contribution in [0, 0.1) is 0 Å². The number of hydrogen-bond donors (Lipinski definition) is 2. The van der Waals surface area contributed by atoms with Crippen LogP contribution in [0.4, 0.5) is 0 Å². The van der Waals surface area contributed by atoms with E-state index < -0.39 is 30.9 Å². The lowest BCUT2D eigenvalue weighted by Crippen LogP contribution is -2.39. The minimum absolute atomic E-state index is 0.0677. The number of halogens is 1. The summed E-state index contributed by atoms with van der Waals surface area (Å²) in [5.74, 6) is -3.39. The molecule has 1 amide bonds. The fraction of sp³-hybridized carbons (Fsp3) is 0.200. The van der Waals surface area contributed by atoms with E-state index in [2.05, 4.69) is 4.98 Å². The Bertz CT molecular complexity index is 458. The van der Waals surface area contributed by atoms with Crippen LogP contribution in [0.3, 0.4) is 0 Å². The molecule has 2 N–H and O–H groups in total. The highest BCUT2D eigenvalue weighted by atomic mass is 35.5. The molecule has 1 aromatic heterocycles. The molecule has 0 aliphatic rings. The molecule has 0 aliphatic carbocycles. The summed E-state index contributed by atoms with van der Waals surface area (Å²) in [5.41, 5.74) is -0.0677. The van der Waals surface area contributed by atoms with E-state index in [1.807, 2.05) is 0 Å². The SMILES string of the molecule is O=C(O)CN(CC(=O)O)C(=O)c1ccc(Cl)cn1. The smallest absolute Gasteiger partial charge is 0.323 e. The van der Waals surface area contributed by atoms with Gasteiger partial charge in [-0.25, -0.2) is 4.98 Å². The largest absolute Gasteiger partial charge is 0.480 e. The van der Waals surface area contributed by atoms with E-state index in [4.69, 9.17) is 21.8 Å². The van der Waals surface area contributed by atoms with Crippen LogP contribution in [-0.2, 0) is 9.59 Å². The number of carboxylic acids is 2. The molecule has 1 aromatic rings. The summed E-state index contributed by atoms with van der Waals surface area (Å²) in [5, 5.41) is 17.5. The van der Waals surface area contributed by atoms with Crippen molar-refractivity contribution in [1.29, 1.82) is 0 Å². The van der Waals surface area contributed by atoms with Gasteiger partial charge < -0.3 is 15.1 Å². The van der Waals surface area contributed by atoms with Crippen molar-refractivity contribution in [3.63, 3.8) is 0 Å². The molecule has 0 radical (unpaired) electrons. The van der Waals surface area contributed by atoms with Gasteiger partial charge in [0.1, 0.15) is 18.8 Å². The molecule has 96 valence electrons. The van der Waals surface area contributed by atoms with Crippen LogP contribution in [0.2, 0.25) is 5.02 Å². The number of carbonyl (C=O) groups is 3. The molecule has 0 unspecified atom stereocenters. The van der Waals surface area contributed by atoms with Gasteiger partial charge >= 0.3 is 11.9 Å². The molecule has 0 saturated carbocycles. The van der Waals surface area contributed by atoms with Crippen molar-refractivity contribution in [1.82, 2.24) is 9.88 Å². The molecule has 1 heterocycles. The van der Waals surface area contributed by atoms with Gasteiger partial charge in [0.25, 0.3) is 5.91 Å². The van der Waals surface area contributed by atoms with Gasteiger partial charge in [-0.05, 0) is 12.1 Å². The molecule has 0 spiro atoms. The van der Waals surface area contributed by atoms with E-state index in [1.165, 1.54) is 18.3 Å². The molecular weight excluding hydrogens is 264 g/mol. The molecule has 18 heavy (non-hydrogen) atoms. The molecule has 0 fully saturated rings. The first kappa shape index (κ1) is 13.9.